The molecule has 0 amide bonds. The number of methoxy groups -OCH3 is 1. The van der Waals surface area contributed by atoms with Gasteiger partial charge in [-0.1, -0.05) is 31.5 Å². The maximum Gasteiger partial charge on any atom is 0.156 e. The van der Waals surface area contributed by atoms with Crippen molar-refractivity contribution in [2.24, 2.45) is 0 Å². The van der Waals surface area contributed by atoms with Gasteiger partial charge in [-0.3, -0.25) is 0 Å². The van der Waals surface area contributed by atoms with Crippen LogP contribution >= 0.6 is 0 Å². The van der Waals surface area contributed by atoms with Gasteiger partial charge < -0.3 is 9.47 Å². The predicted octanol–water partition coefficient (Wildman–Crippen LogP) is 5.17. The second kappa shape index (κ2) is 8.78. The third-order valence-corrected chi connectivity index (χ3v) is 4.84. The van der Waals surface area contributed by atoms with Crippen LogP contribution in [0.2, 0.25) is 0 Å². The highest BCUT2D eigenvalue weighted by molar-refractivity contribution is 5.63. The summed E-state index contributed by atoms with van der Waals surface area (Å²) in [5.74, 6) is 2.54. The van der Waals surface area contributed by atoms with Crippen LogP contribution in [0.4, 0.5) is 0 Å². The maximum atomic E-state index is 5.74. The molecule has 0 aliphatic carbocycles. The van der Waals surface area contributed by atoms with Crippen molar-refractivity contribution in [3.63, 3.8) is 0 Å². The van der Waals surface area contributed by atoms with Crippen LogP contribution in [0.1, 0.15) is 31.2 Å². The number of nitrogens with zero attached hydrogens (tertiary/aromatic N) is 3. The average Bonchev–Trinajstić information content (AvgIpc) is 3.18. The lowest BCUT2D eigenvalue weighted by Crippen LogP contribution is -1.97. The highest BCUT2D eigenvalue weighted by Gasteiger charge is 2.10. The molecule has 2 aromatic heterocycles. The van der Waals surface area contributed by atoms with Crippen LogP contribution in [0.15, 0.2) is 66.7 Å². The zero-order valence-corrected chi connectivity index (χ0v) is 16.8. The van der Waals surface area contributed by atoms with Crippen LogP contribution in [-0.2, 0) is 6.42 Å². The summed E-state index contributed by atoms with van der Waals surface area (Å²) in [5, 5.41) is 4.75. The van der Waals surface area contributed by atoms with Gasteiger partial charge >= 0.3 is 0 Å². The van der Waals surface area contributed by atoms with E-state index in [1.165, 1.54) is 0 Å². The number of fused-ring (bicyclic) bond motifs is 1. The Morgan fingerprint density at radius 1 is 0.897 bits per heavy atom. The summed E-state index contributed by atoms with van der Waals surface area (Å²) in [5.41, 5.74) is 4.08. The second-order valence-electron chi connectivity index (χ2n) is 6.96. The largest absolute Gasteiger partial charge is 0.497 e. The van der Waals surface area contributed by atoms with Gasteiger partial charge in [0.25, 0.3) is 0 Å². The van der Waals surface area contributed by atoms with E-state index in [9.17, 15) is 0 Å². The molecule has 0 aliphatic heterocycles. The Morgan fingerprint density at radius 3 is 2.38 bits per heavy atom. The van der Waals surface area contributed by atoms with Gasteiger partial charge in [-0.15, -0.1) is 0 Å². The van der Waals surface area contributed by atoms with Crippen molar-refractivity contribution in [1.82, 2.24) is 14.6 Å². The van der Waals surface area contributed by atoms with E-state index in [2.05, 4.69) is 25.1 Å². The number of hydrogen-bond donors (Lipinski definition) is 0. The Kier molecular flexibility index (Phi) is 5.75. The first-order valence-electron chi connectivity index (χ1n) is 9.97. The summed E-state index contributed by atoms with van der Waals surface area (Å²) in [6.45, 7) is 2.92. The minimum Gasteiger partial charge on any atom is -0.497 e. The van der Waals surface area contributed by atoms with E-state index in [-0.39, 0.29) is 0 Å². The fourth-order valence-electron chi connectivity index (χ4n) is 3.23. The number of rotatable bonds is 8. The van der Waals surface area contributed by atoms with Gasteiger partial charge in [-0.05, 0) is 60.5 Å². The van der Waals surface area contributed by atoms with Crippen molar-refractivity contribution in [3.05, 3.63) is 78.1 Å². The standard InChI is InChI=1S/C24H25N3O2/c1-3-4-16-29-21-12-8-18(9-13-21)17-23-25-24-7-5-6-22(27(24)26-23)19-10-14-20(28-2)15-11-19/h5-15H,3-4,16-17H2,1-2H3. The lowest BCUT2D eigenvalue weighted by Gasteiger charge is -2.06. The van der Waals surface area contributed by atoms with Gasteiger partial charge in [-0.25, -0.2) is 9.50 Å². The SMILES string of the molecule is CCCCOc1ccc(Cc2nc3cccc(-c4ccc(OC)cc4)n3n2)cc1. The first kappa shape index (κ1) is 19.0. The normalized spacial score (nSPS) is 11.0. The molecule has 29 heavy (non-hydrogen) atoms. The van der Waals surface area contributed by atoms with E-state index in [1.54, 1.807) is 7.11 Å². The summed E-state index contributed by atoms with van der Waals surface area (Å²) in [6, 6.07) is 22.2. The molecule has 2 aromatic carbocycles. The average molecular weight is 387 g/mol. The Labute approximate surface area is 170 Å². The zero-order valence-electron chi connectivity index (χ0n) is 16.8. The van der Waals surface area contributed by atoms with Crippen LogP contribution in [0.5, 0.6) is 11.5 Å². The fourth-order valence-corrected chi connectivity index (χ4v) is 3.23. The van der Waals surface area contributed by atoms with E-state index < -0.39 is 0 Å². The van der Waals surface area contributed by atoms with Crippen molar-refractivity contribution in [1.29, 1.82) is 0 Å². The van der Waals surface area contributed by atoms with Crippen molar-refractivity contribution >= 4 is 5.65 Å². The summed E-state index contributed by atoms with van der Waals surface area (Å²) >= 11 is 0. The van der Waals surface area contributed by atoms with Crippen molar-refractivity contribution in [3.8, 4) is 22.8 Å². The quantitative estimate of drug-likeness (QED) is 0.391. The molecule has 5 heteroatoms. The van der Waals surface area contributed by atoms with Crippen LogP contribution in [0, 0.1) is 0 Å². The monoisotopic (exact) mass is 387 g/mol. The molecular formula is C24H25N3O2. The fraction of sp³-hybridized carbons (Fsp3) is 0.250. The molecule has 0 saturated carbocycles. The third-order valence-electron chi connectivity index (χ3n) is 4.84. The number of unbranched alkanes of at least 4 members (excludes halogenated alkanes) is 1. The van der Waals surface area contributed by atoms with E-state index in [1.807, 2.05) is 53.0 Å². The van der Waals surface area contributed by atoms with Gasteiger partial charge in [0.15, 0.2) is 11.5 Å². The highest BCUT2D eigenvalue weighted by atomic mass is 16.5. The lowest BCUT2D eigenvalue weighted by molar-refractivity contribution is 0.309. The molecule has 0 bridgehead atoms. The Morgan fingerprint density at radius 2 is 1.66 bits per heavy atom. The molecule has 4 aromatic rings. The van der Waals surface area contributed by atoms with Crippen LogP contribution in [0.25, 0.3) is 16.9 Å². The van der Waals surface area contributed by atoms with Crippen molar-refractivity contribution in [2.45, 2.75) is 26.2 Å². The molecule has 0 saturated heterocycles. The van der Waals surface area contributed by atoms with Crippen molar-refractivity contribution < 1.29 is 9.47 Å². The van der Waals surface area contributed by atoms with E-state index in [0.717, 1.165) is 59.2 Å². The molecule has 0 N–H and O–H groups in total. The minimum atomic E-state index is 0.680. The number of pyridine rings is 1. The highest BCUT2D eigenvalue weighted by Crippen LogP contribution is 2.23. The number of hydrogen-bond acceptors (Lipinski definition) is 4. The van der Waals surface area contributed by atoms with Crippen LogP contribution in [-0.4, -0.2) is 28.3 Å². The Balaban J connectivity index is 1.54. The minimum absolute atomic E-state index is 0.680. The van der Waals surface area contributed by atoms with E-state index in [4.69, 9.17) is 19.6 Å². The predicted molar refractivity (Wildman–Crippen MR) is 115 cm³/mol. The molecule has 2 heterocycles. The molecule has 0 fully saturated rings. The molecule has 0 spiro atoms. The number of ether oxygens (including phenoxy) is 2. The Bertz CT molecular complexity index is 1070. The third kappa shape index (κ3) is 4.40. The maximum absolute atomic E-state index is 5.74. The van der Waals surface area contributed by atoms with Crippen LogP contribution in [0.3, 0.4) is 0 Å². The van der Waals surface area contributed by atoms with Gasteiger partial charge in [0.05, 0.1) is 19.4 Å². The Hall–Kier alpha value is -3.34. The number of aromatic nitrogens is 3. The summed E-state index contributed by atoms with van der Waals surface area (Å²) in [7, 11) is 1.67. The molecule has 148 valence electrons. The first-order chi connectivity index (χ1) is 14.3. The molecule has 0 radical (unpaired) electrons. The van der Waals surface area contributed by atoms with Gasteiger partial charge in [0, 0.05) is 12.0 Å². The molecule has 5 nitrogen and oxygen atoms in total. The summed E-state index contributed by atoms with van der Waals surface area (Å²) < 4.78 is 12.9. The topological polar surface area (TPSA) is 48.7 Å². The zero-order chi connectivity index (χ0) is 20.1. The summed E-state index contributed by atoms with van der Waals surface area (Å²) in [6.07, 6.45) is 2.89. The van der Waals surface area contributed by atoms with E-state index >= 15 is 0 Å². The number of benzene rings is 2. The molecule has 0 aliphatic rings. The first-order valence-corrected chi connectivity index (χ1v) is 9.97. The smallest absolute Gasteiger partial charge is 0.156 e. The van der Waals surface area contributed by atoms with Crippen LogP contribution < -0.4 is 9.47 Å². The molecule has 0 atom stereocenters. The van der Waals surface area contributed by atoms with Gasteiger partial charge in [0.1, 0.15) is 11.5 Å². The molecule has 4 rings (SSSR count). The van der Waals surface area contributed by atoms with Gasteiger partial charge in [-0.2, -0.15) is 5.10 Å². The summed E-state index contributed by atoms with van der Waals surface area (Å²) in [4.78, 5) is 4.71. The molecule has 0 unspecified atom stereocenters. The van der Waals surface area contributed by atoms with Crippen molar-refractivity contribution in [2.75, 3.05) is 13.7 Å². The molecular weight excluding hydrogens is 362 g/mol. The van der Waals surface area contributed by atoms with E-state index in [0.29, 0.717) is 6.42 Å². The van der Waals surface area contributed by atoms with Gasteiger partial charge in [0.2, 0.25) is 0 Å². The lowest BCUT2D eigenvalue weighted by atomic mass is 10.1. The second-order valence-corrected chi connectivity index (χ2v) is 6.96.